The van der Waals surface area contributed by atoms with Crippen LogP contribution >= 0.6 is 11.3 Å². The van der Waals surface area contributed by atoms with Gasteiger partial charge in [0, 0.05) is 44.2 Å². The number of likely N-dealkylation sites (N-methyl/N-ethyl adjacent to an activating group) is 1. The van der Waals surface area contributed by atoms with Crippen molar-refractivity contribution < 1.29 is 9.53 Å². The minimum absolute atomic E-state index is 0.227. The van der Waals surface area contributed by atoms with Crippen molar-refractivity contribution in [1.82, 2.24) is 19.6 Å². The number of hydrogen-bond acceptors (Lipinski definition) is 5. The minimum atomic E-state index is 0.227. The number of thiazole rings is 1. The molecule has 2 aromatic heterocycles. The van der Waals surface area contributed by atoms with Gasteiger partial charge in [-0.05, 0) is 6.42 Å². The average Bonchev–Trinajstić information content (AvgIpc) is 3.00. The number of carbonyl (C=O) groups is 1. The molecule has 1 aliphatic rings. The van der Waals surface area contributed by atoms with Crippen LogP contribution in [0.4, 0.5) is 0 Å². The Morgan fingerprint density at radius 3 is 3.20 bits per heavy atom. The molecule has 1 amide bonds. The van der Waals surface area contributed by atoms with Crippen LogP contribution in [0.25, 0.3) is 4.96 Å². The van der Waals surface area contributed by atoms with E-state index < -0.39 is 0 Å². The number of carbonyl (C=O) groups excluding carboxylic acids is 1. The van der Waals surface area contributed by atoms with Gasteiger partial charge < -0.3 is 15.0 Å². The van der Waals surface area contributed by atoms with Gasteiger partial charge in [-0.1, -0.05) is 0 Å². The molecule has 1 saturated heterocycles. The summed E-state index contributed by atoms with van der Waals surface area (Å²) in [5, 5.41) is 5.51. The number of ether oxygens (including phenoxy) is 1. The summed E-state index contributed by atoms with van der Waals surface area (Å²) in [7, 11) is 3.50. The SMILES string of the molecule is COc1nc2sccn2c1CNC1CCC(=O)N(C)C1. The summed E-state index contributed by atoms with van der Waals surface area (Å²) in [5.41, 5.74) is 1.03. The number of likely N-dealkylation sites (tertiary alicyclic amines) is 1. The summed E-state index contributed by atoms with van der Waals surface area (Å²) < 4.78 is 7.39. The molecule has 0 spiro atoms. The highest BCUT2D eigenvalue weighted by atomic mass is 32.1. The van der Waals surface area contributed by atoms with Crippen LogP contribution in [-0.4, -0.2) is 46.9 Å². The molecule has 0 saturated carbocycles. The molecular formula is C13H18N4O2S. The van der Waals surface area contributed by atoms with E-state index in [1.807, 2.05) is 23.0 Å². The zero-order valence-electron chi connectivity index (χ0n) is 11.6. The smallest absolute Gasteiger partial charge is 0.237 e. The number of methoxy groups -OCH3 is 1. The molecule has 1 fully saturated rings. The normalized spacial score (nSPS) is 19.8. The summed E-state index contributed by atoms with van der Waals surface area (Å²) in [5.74, 6) is 0.898. The molecule has 3 heterocycles. The van der Waals surface area contributed by atoms with E-state index in [1.165, 1.54) is 0 Å². The van der Waals surface area contributed by atoms with Gasteiger partial charge in [-0.15, -0.1) is 11.3 Å². The van der Waals surface area contributed by atoms with Crippen LogP contribution in [0.5, 0.6) is 5.88 Å². The summed E-state index contributed by atoms with van der Waals surface area (Å²) in [6.45, 7) is 1.44. The Bertz CT molecular complexity index is 621. The number of nitrogens with one attached hydrogen (secondary N) is 1. The van der Waals surface area contributed by atoms with Gasteiger partial charge in [-0.3, -0.25) is 9.20 Å². The van der Waals surface area contributed by atoms with Crippen molar-refractivity contribution in [1.29, 1.82) is 0 Å². The highest BCUT2D eigenvalue weighted by molar-refractivity contribution is 7.15. The van der Waals surface area contributed by atoms with Crippen LogP contribution in [0.1, 0.15) is 18.5 Å². The van der Waals surface area contributed by atoms with E-state index in [4.69, 9.17) is 4.74 Å². The lowest BCUT2D eigenvalue weighted by atomic mass is 10.1. The molecule has 7 heteroatoms. The Labute approximate surface area is 121 Å². The molecule has 1 aliphatic heterocycles. The highest BCUT2D eigenvalue weighted by Gasteiger charge is 2.23. The van der Waals surface area contributed by atoms with Gasteiger partial charge >= 0.3 is 0 Å². The van der Waals surface area contributed by atoms with E-state index in [0.29, 0.717) is 24.9 Å². The van der Waals surface area contributed by atoms with E-state index in [2.05, 4.69) is 10.3 Å². The molecule has 0 aromatic carbocycles. The maximum absolute atomic E-state index is 11.5. The van der Waals surface area contributed by atoms with Crippen LogP contribution in [0, 0.1) is 0 Å². The molecule has 1 unspecified atom stereocenters. The van der Waals surface area contributed by atoms with Gasteiger partial charge in [-0.25, -0.2) is 0 Å². The van der Waals surface area contributed by atoms with Gasteiger partial charge in [0.1, 0.15) is 5.69 Å². The molecule has 2 aromatic rings. The molecule has 0 radical (unpaired) electrons. The molecule has 1 atom stereocenters. The van der Waals surface area contributed by atoms with Crippen molar-refractivity contribution in [2.45, 2.75) is 25.4 Å². The lowest BCUT2D eigenvalue weighted by Crippen LogP contribution is -2.46. The Balaban J connectivity index is 1.70. The van der Waals surface area contributed by atoms with Crippen molar-refractivity contribution in [2.75, 3.05) is 20.7 Å². The van der Waals surface area contributed by atoms with Crippen LogP contribution in [0.3, 0.4) is 0 Å². The second-order valence-electron chi connectivity index (χ2n) is 5.01. The van der Waals surface area contributed by atoms with Crippen molar-refractivity contribution in [3.63, 3.8) is 0 Å². The largest absolute Gasteiger partial charge is 0.480 e. The zero-order chi connectivity index (χ0) is 14.1. The number of nitrogens with zero attached hydrogens (tertiary/aromatic N) is 3. The van der Waals surface area contributed by atoms with E-state index >= 15 is 0 Å². The molecule has 0 aliphatic carbocycles. The summed E-state index contributed by atoms with van der Waals surface area (Å²) in [6, 6.07) is 0.326. The third kappa shape index (κ3) is 2.38. The monoisotopic (exact) mass is 294 g/mol. The van der Waals surface area contributed by atoms with Crippen LogP contribution in [-0.2, 0) is 11.3 Å². The molecule has 20 heavy (non-hydrogen) atoms. The van der Waals surface area contributed by atoms with E-state index in [9.17, 15) is 4.79 Å². The van der Waals surface area contributed by atoms with Crippen molar-refractivity contribution in [2.24, 2.45) is 0 Å². The number of imidazole rings is 1. The lowest BCUT2D eigenvalue weighted by Gasteiger charge is -2.30. The zero-order valence-corrected chi connectivity index (χ0v) is 12.4. The number of amides is 1. The fourth-order valence-corrected chi connectivity index (χ4v) is 3.28. The molecule has 0 bridgehead atoms. The number of aromatic nitrogens is 2. The Kier molecular flexibility index (Phi) is 3.62. The third-order valence-electron chi connectivity index (χ3n) is 3.70. The maximum atomic E-state index is 11.5. The standard InChI is InChI=1S/C13H18N4O2S/c1-16-8-9(3-4-11(16)18)14-7-10-12(19-2)15-13-17(10)5-6-20-13/h5-6,9,14H,3-4,7-8H2,1-2H3. The molecular weight excluding hydrogens is 276 g/mol. The summed E-state index contributed by atoms with van der Waals surface area (Å²) in [4.78, 5) is 18.6. The quantitative estimate of drug-likeness (QED) is 0.918. The molecule has 6 nitrogen and oxygen atoms in total. The fraction of sp³-hybridized carbons (Fsp3) is 0.538. The molecule has 108 valence electrons. The van der Waals surface area contributed by atoms with E-state index in [-0.39, 0.29) is 5.91 Å². The Morgan fingerprint density at radius 2 is 2.45 bits per heavy atom. The predicted molar refractivity (Wildman–Crippen MR) is 77.1 cm³/mol. The van der Waals surface area contributed by atoms with Gasteiger partial charge in [0.2, 0.25) is 11.8 Å². The summed E-state index contributed by atoms with van der Waals surface area (Å²) in [6.07, 6.45) is 3.51. The maximum Gasteiger partial charge on any atom is 0.237 e. The second-order valence-corrected chi connectivity index (χ2v) is 5.89. The third-order valence-corrected chi connectivity index (χ3v) is 4.46. The fourth-order valence-electron chi connectivity index (χ4n) is 2.56. The topological polar surface area (TPSA) is 58.9 Å². The van der Waals surface area contributed by atoms with Crippen molar-refractivity contribution in [3.8, 4) is 5.88 Å². The van der Waals surface area contributed by atoms with Crippen LogP contribution in [0.15, 0.2) is 11.6 Å². The van der Waals surface area contributed by atoms with Gasteiger partial charge in [-0.2, -0.15) is 4.98 Å². The number of piperidine rings is 1. The van der Waals surface area contributed by atoms with Gasteiger partial charge in [0.25, 0.3) is 0 Å². The number of fused-ring (bicyclic) bond motifs is 1. The van der Waals surface area contributed by atoms with Crippen LogP contribution < -0.4 is 10.1 Å². The van der Waals surface area contributed by atoms with E-state index in [1.54, 1.807) is 23.3 Å². The Hall–Kier alpha value is -1.60. The first-order chi connectivity index (χ1) is 9.69. The molecule has 1 N–H and O–H groups in total. The lowest BCUT2D eigenvalue weighted by molar-refractivity contribution is -0.132. The first-order valence-electron chi connectivity index (χ1n) is 6.65. The highest BCUT2D eigenvalue weighted by Crippen LogP contribution is 2.23. The number of hydrogen-bond donors (Lipinski definition) is 1. The van der Waals surface area contributed by atoms with Crippen LogP contribution in [0.2, 0.25) is 0 Å². The summed E-state index contributed by atoms with van der Waals surface area (Å²) >= 11 is 1.59. The van der Waals surface area contributed by atoms with Crippen molar-refractivity contribution in [3.05, 3.63) is 17.3 Å². The van der Waals surface area contributed by atoms with Crippen molar-refractivity contribution >= 4 is 22.2 Å². The van der Waals surface area contributed by atoms with Gasteiger partial charge in [0.05, 0.1) is 7.11 Å². The Morgan fingerprint density at radius 1 is 1.60 bits per heavy atom. The van der Waals surface area contributed by atoms with E-state index in [0.717, 1.165) is 23.6 Å². The van der Waals surface area contributed by atoms with Gasteiger partial charge in [0.15, 0.2) is 4.96 Å². The molecule has 3 rings (SSSR count). The average molecular weight is 294 g/mol. The predicted octanol–water partition coefficient (Wildman–Crippen LogP) is 1.11. The number of rotatable bonds is 4. The first kappa shape index (κ1) is 13.4. The first-order valence-corrected chi connectivity index (χ1v) is 7.52. The minimum Gasteiger partial charge on any atom is -0.480 e. The second kappa shape index (κ2) is 5.41.